The van der Waals surface area contributed by atoms with Gasteiger partial charge in [-0.05, 0) is 55.0 Å². The minimum absolute atomic E-state index is 0.00236. The third-order valence-electron chi connectivity index (χ3n) is 4.92. The van der Waals surface area contributed by atoms with Crippen LogP contribution in [0.25, 0.3) is 0 Å². The number of hydrogen-bond acceptors (Lipinski definition) is 7. The van der Waals surface area contributed by atoms with Gasteiger partial charge in [0.15, 0.2) is 0 Å². The highest BCUT2D eigenvalue weighted by molar-refractivity contribution is 7.12. The molecule has 0 saturated carbocycles. The molecule has 6 N–H and O–H groups in total. The van der Waals surface area contributed by atoms with Gasteiger partial charge < -0.3 is 26.8 Å². The van der Waals surface area contributed by atoms with Crippen LogP contribution in [0.3, 0.4) is 0 Å². The number of allylic oxidation sites excluding steroid dienone is 1. The second-order valence-corrected chi connectivity index (χ2v) is 9.60. The summed E-state index contributed by atoms with van der Waals surface area (Å²) in [5.74, 6) is -0.771. The lowest BCUT2D eigenvalue weighted by Crippen LogP contribution is -2.47. The molecule has 180 valence electrons. The predicted molar refractivity (Wildman–Crippen MR) is 132 cm³/mol. The van der Waals surface area contributed by atoms with Gasteiger partial charge in [-0.2, -0.15) is 0 Å². The van der Waals surface area contributed by atoms with Crippen molar-refractivity contribution in [3.63, 3.8) is 0 Å². The fraction of sp³-hybridized carbons (Fsp3) is 0.435. The maximum atomic E-state index is 12.7. The Hall–Kier alpha value is -2.69. The molecule has 33 heavy (non-hydrogen) atoms. The first-order valence-corrected chi connectivity index (χ1v) is 12.7. The Morgan fingerprint density at radius 3 is 2.39 bits per heavy atom. The maximum absolute atomic E-state index is 12.7. The monoisotopic (exact) mass is 492 g/mol. The lowest BCUT2D eigenvalue weighted by molar-refractivity contribution is -0.123. The van der Waals surface area contributed by atoms with Gasteiger partial charge in [0.25, 0.3) is 5.91 Å². The van der Waals surface area contributed by atoms with Crippen molar-refractivity contribution < 1.29 is 19.5 Å². The smallest absolute Gasteiger partial charge is 0.261 e. The Morgan fingerprint density at radius 2 is 1.73 bits per heavy atom. The highest BCUT2D eigenvalue weighted by atomic mass is 32.1. The average Bonchev–Trinajstić information content (AvgIpc) is 3.50. The van der Waals surface area contributed by atoms with E-state index in [0.29, 0.717) is 43.6 Å². The van der Waals surface area contributed by atoms with E-state index in [0.717, 1.165) is 6.42 Å². The van der Waals surface area contributed by atoms with Crippen molar-refractivity contribution in [1.29, 1.82) is 0 Å². The van der Waals surface area contributed by atoms with Crippen LogP contribution in [0.15, 0.2) is 47.4 Å². The number of carbonyl (C=O) groups is 3. The van der Waals surface area contributed by atoms with E-state index in [1.807, 2.05) is 22.9 Å². The normalized spacial score (nSPS) is 12.5. The molecule has 0 spiro atoms. The number of rotatable bonds is 15. The van der Waals surface area contributed by atoms with E-state index in [4.69, 9.17) is 10.8 Å². The van der Waals surface area contributed by atoms with Crippen LogP contribution in [0.2, 0.25) is 0 Å². The number of thiophene rings is 2. The molecular formula is C23H32N4O4S2. The zero-order chi connectivity index (χ0) is 24.1. The quantitative estimate of drug-likeness (QED) is 0.193. The number of aliphatic hydroxyl groups is 1. The molecule has 2 heterocycles. The van der Waals surface area contributed by atoms with E-state index in [2.05, 4.69) is 22.5 Å². The molecule has 0 aromatic carbocycles. The lowest BCUT2D eigenvalue weighted by atomic mass is 10.1. The van der Waals surface area contributed by atoms with Gasteiger partial charge in [-0.3, -0.25) is 14.4 Å². The Kier molecular flexibility index (Phi) is 11.6. The summed E-state index contributed by atoms with van der Waals surface area (Å²) >= 11 is 2.96. The molecule has 0 unspecified atom stereocenters. The van der Waals surface area contributed by atoms with Crippen LogP contribution in [0.1, 0.15) is 46.7 Å². The Bertz CT molecular complexity index is 884. The van der Waals surface area contributed by atoms with Crippen molar-refractivity contribution in [3.8, 4) is 0 Å². The van der Waals surface area contributed by atoms with E-state index in [-0.39, 0.29) is 29.9 Å². The minimum atomic E-state index is -0.708. The van der Waals surface area contributed by atoms with Crippen LogP contribution in [-0.4, -0.2) is 48.0 Å². The Morgan fingerprint density at radius 1 is 1.00 bits per heavy atom. The van der Waals surface area contributed by atoms with Gasteiger partial charge >= 0.3 is 0 Å². The topological polar surface area (TPSA) is 134 Å². The SMILES string of the molecule is C=C(O)CC[C@@H](N)C(=O)NCCCC[C@@H](NC(=O)c1cccs1)C(=O)NCCc1cccs1. The molecule has 0 saturated heterocycles. The number of aliphatic hydroxyl groups excluding tert-OH is 1. The van der Waals surface area contributed by atoms with Crippen LogP contribution < -0.4 is 21.7 Å². The highest BCUT2D eigenvalue weighted by Crippen LogP contribution is 2.11. The van der Waals surface area contributed by atoms with Gasteiger partial charge in [-0.1, -0.05) is 18.7 Å². The highest BCUT2D eigenvalue weighted by Gasteiger charge is 2.21. The standard InChI is InChI=1S/C23H32N4O4S2/c1-16(28)9-10-18(24)21(29)25-12-3-2-7-19(27-23(31)20-8-5-15-33-20)22(30)26-13-11-17-6-4-14-32-17/h4-6,8,14-15,18-19,28H,1-3,7,9-13,24H2,(H,25,29)(H,26,30)(H,27,31)/t18-,19-/m1/s1. The average molecular weight is 493 g/mol. The van der Waals surface area contributed by atoms with Crippen LogP contribution in [-0.2, 0) is 16.0 Å². The van der Waals surface area contributed by atoms with Crippen molar-refractivity contribution in [2.75, 3.05) is 13.1 Å². The zero-order valence-corrected chi connectivity index (χ0v) is 20.2. The number of nitrogens with two attached hydrogens (primary N) is 1. The van der Waals surface area contributed by atoms with Crippen LogP contribution in [0.4, 0.5) is 0 Å². The second-order valence-electron chi connectivity index (χ2n) is 7.62. The molecule has 0 radical (unpaired) electrons. The number of hydrogen-bond donors (Lipinski definition) is 5. The van der Waals surface area contributed by atoms with Gasteiger partial charge in [0.05, 0.1) is 16.7 Å². The van der Waals surface area contributed by atoms with Crippen molar-refractivity contribution >= 4 is 40.4 Å². The van der Waals surface area contributed by atoms with Crippen molar-refractivity contribution in [1.82, 2.24) is 16.0 Å². The van der Waals surface area contributed by atoms with Gasteiger partial charge in [0.1, 0.15) is 6.04 Å². The maximum Gasteiger partial charge on any atom is 0.261 e. The van der Waals surface area contributed by atoms with Gasteiger partial charge in [0.2, 0.25) is 11.8 Å². The first-order valence-electron chi connectivity index (χ1n) is 10.9. The fourth-order valence-corrected chi connectivity index (χ4v) is 4.40. The van der Waals surface area contributed by atoms with Gasteiger partial charge in [-0.15, -0.1) is 22.7 Å². The number of amides is 3. The van der Waals surface area contributed by atoms with E-state index in [1.54, 1.807) is 23.5 Å². The molecule has 0 aliphatic rings. The molecule has 3 amide bonds. The van der Waals surface area contributed by atoms with E-state index < -0.39 is 12.1 Å². The summed E-state index contributed by atoms with van der Waals surface area (Å²) in [7, 11) is 0. The molecule has 0 aliphatic carbocycles. The number of carbonyl (C=O) groups excluding carboxylic acids is 3. The fourth-order valence-electron chi connectivity index (χ4n) is 3.06. The molecule has 2 atom stereocenters. The minimum Gasteiger partial charge on any atom is -0.513 e. The zero-order valence-electron chi connectivity index (χ0n) is 18.5. The third kappa shape index (κ3) is 10.2. The molecule has 0 bridgehead atoms. The van der Waals surface area contributed by atoms with Gasteiger partial charge in [-0.25, -0.2) is 0 Å². The molecule has 10 heteroatoms. The molecule has 2 rings (SSSR count). The lowest BCUT2D eigenvalue weighted by Gasteiger charge is -2.18. The first kappa shape index (κ1) is 26.6. The largest absolute Gasteiger partial charge is 0.513 e. The number of nitrogens with one attached hydrogen (secondary N) is 3. The molecule has 2 aromatic heterocycles. The molecule has 2 aromatic rings. The summed E-state index contributed by atoms with van der Waals surface area (Å²) < 4.78 is 0. The summed E-state index contributed by atoms with van der Waals surface area (Å²) in [5, 5.41) is 21.4. The summed E-state index contributed by atoms with van der Waals surface area (Å²) in [4.78, 5) is 38.9. The molecular weight excluding hydrogens is 460 g/mol. The van der Waals surface area contributed by atoms with Crippen LogP contribution in [0.5, 0.6) is 0 Å². The van der Waals surface area contributed by atoms with E-state index in [1.165, 1.54) is 16.2 Å². The molecule has 8 nitrogen and oxygen atoms in total. The summed E-state index contributed by atoms with van der Waals surface area (Å²) in [6.45, 7) is 4.29. The van der Waals surface area contributed by atoms with Crippen molar-refractivity contribution in [2.45, 2.75) is 50.6 Å². The molecule has 0 aliphatic heterocycles. The van der Waals surface area contributed by atoms with E-state index >= 15 is 0 Å². The van der Waals surface area contributed by atoms with E-state index in [9.17, 15) is 14.4 Å². The third-order valence-corrected chi connectivity index (χ3v) is 6.72. The summed E-state index contributed by atoms with van der Waals surface area (Å²) in [5.41, 5.74) is 5.79. The van der Waals surface area contributed by atoms with Gasteiger partial charge in [0, 0.05) is 24.4 Å². The summed E-state index contributed by atoms with van der Waals surface area (Å²) in [6, 6.07) is 6.14. The van der Waals surface area contributed by atoms with Crippen molar-refractivity contribution in [3.05, 3.63) is 57.1 Å². The summed E-state index contributed by atoms with van der Waals surface area (Å²) in [6.07, 6.45) is 3.07. The van der Waals surface area contributed by atoms with Crippen LogP contribution in [0, 0.1) is 0 Å². The molecule has 0 fully saturated rings. The Balaban J connectivity index is 1.77. The van der Waals surface area contributed by atoms with Crippen molar-refractivity contribution in [2.24, 2.45) is 5.73 Å². The second kappa shape index (κ2) is 14.5. The van der Waals surface area contributed by atoms with Crippen LogP contribution >= 0.6 is 22.7 Å². The first-order chi connectivity index (χ1) is 15.9. The number of unbranched alkanes of at least 4 members (excludes halogenated alkanes) is 1. The predicted octanol–water partition coefficient (Wildman–Crippen LogP) is 2.73. The Labute approximate surface area is 202 Å².